The summed E-state index contributed by atoms with van der Waals surface area (Å²) in [7, 11) is 0. The third-order valence-electron chi connectivity index (χ3n) is 3.35. The first kappa shape index (κ1) is 15.1. The van der Waals surface area contributed by atoms with E-state index < -0.39 is 0 Å². The predicted octanol–water partition coefficient (Wildman–Crippen LogP) is 4.83. The lowest BCUT2D eigenvalue weighted by atomic mass is 10.1. The van der Waals surface area contributed by atoms with Crippen LogP contribution in [0.15, 0.2) is 46.4 Å². The average molecular weight is 379 g/mol. The Kier molecular flexibility index (Phi) is 4.23. The number of amides is 1. The summed E-state index contributed by atoms with van der Waals surface area (Å²) >= 11 is 9.56. The van der Waals surface area contributed by atoms with Crippen molar-refractivity contribution in [3.8, 4) is 5.75 Å². The maximum atomic E-state index is 12.4. The zero-order valence-electron chi connectivity index (χ0n) is 11.8. The van der Waals surface area contributed by atoms with E-state index >= 15 is 0 Å². The van der Waals surface area contributed by atoms with E-state index in [2.05, 4.69) is 21.2 Å². The molecule has 0 radical (unpaired) electrons. The molecule has 1 aliphatic heterocycles. The summed E-state index contributed by atoms with van der Waals surface area (Å²) in [6, 6.07) is 11.2. The highest BCUT2D eigenvalue weighted by Crippen LogP contribution is 2.30. The summed E-state index contributed by atoms with van der Waals surface area (Å²) in [4.78, 5) is 12.4. The first-order valence-corrected chi connectivity index (χ1v) is 7.90. The molecule has 1 amide bonds. The molecule has 112 valence electrons. The number of nitrogens with one attached hydrogen (secondary N) is 1. The fourth-order valence-electron chi connectivity index (χ4n) is 2.20. The number of hydrogen-bond acceptors (Lipinski definition) is 2. The normalized spacial score (nSPS) is 13.0. The van der Waals surface area contributed by atoms with E-state index in [0.717, 1.165) is 21.3 Å². The number of benzene rings is 2. The van der Waals surface area contributed by atoms with Crippen LogP contribution in [-0.2, 0) is 4.79 Å². The van der Waals surface area contributed by atoms with E-state index in [0.29, 0.717) is 16.3 Å². The van der Waals surface area contributed by atoms with Gasteiger partial charge in [-0.1, -0.05) is 33.6 Å². The first-order chi connectivity index (χ1) is 10.5. The number of anilines is 1. The largest absolute Gasteiger partial charge is 0.488 e. The zero-order valence-corrected chi connectivity index (χ0v) is 14.2. The second-order valence-electron chi connectivity index (χ2n) is 5.08. The van der Waals surface area contributed by atoms with Crippen molar-refractivity contribution in [3.63, 3.8) is 0 Å². The van der Waals surface area contributed by atoms with Gasteiger partial charge in [-0.25, -0.2) is 0 Å². The van der Waals surface area contributed by atoms with Crippen LogP contribution in [0.2, 0.25) is 5.02 Å². The van der Waals surface area contributed by atoms with Gasteiger partial charge in [-0.05, 0) is 48.9 Å². The Bertz CT molecular complexity index is 786. The number of ether oxygens (including phenoxy) is 1. The van der Waals surface area contributed by atoms with Crippen molar-refractivity contribution in [2.75, 3.05) is 11.9 Å². The lowest BCUT2D eigenvalue weighted by Gasteiger charge is -2.18. The van der Waals surface area contributed by atoms with E-state index in [4.69, 9.17) is 16.3 Å². The van der Waals surface area contributed by atoms with Crippen LogP contribution in [0.3, 0.4) is 0 Å². The molecule has 0 atom stereocenters. The summed E-state index contributed by atoms with van der Waals surface area (Å²) in [6.07, 6.45) is 1.83. The quantitative estimate of drug-likeness (QED) is 0.813. The highest BCUT2D eigenvalue weighted by Gasteiger charge is 2.18. The van der Waals surface area contributed by atoms with Crippen molar-refractivity contribution in [3.05, 3.63) is 62.6 Å². The van der Waals surface area contributed by atoms with Crippen molar-refractivity contribution >= 4 is 45.2 Å². The van der Waals surface area contributed by atoms with E-state index in [9.17, 15) is 4.79 Å². The minimum absolute atomic E-state index is 0.212. The Morgan fingerprint density at radius 1 is 1.27 bits per heavy atom. The van der Waals surface area contributed by atoms with E-state index in [1.807, 2.05) is 43.3 Å². The maximum Gasteiger partial charge on any atom is 0.255 e. The number of rotatable bonds is 2. The summed E-state index contributed by atoms with van der Waals surface area (Å²) in [5.41, 5.74) is 3.07. The van der Waals surface area contributed by atoms with E-state index in [-0.39, 0.29) is 12.5 Å². The zero-order chi connectivity index (χ0) is 15.7. The molecule has 1 heterocycles. The maximum absolute atomic E-state index is 12.4. The molecule has 1 N–H and O–H groups in total. The summed E-state index contributed by atoms with van der Waals surface area (Å²) in [5.74, 6) is 0.560. The lowest BCUT2D eigenvalue weighted by molar-refractivity contribution is -0.113. The molecule has 0 aliphatic carbocycles. The van der Waals surface area contributed by atoms with Gasteiger partial charge < -0.3 is 10.1 Å². The summed E-state index contributed by atoms with van der Waals surface area (Å²) in [5, 5.41) is 3.34. The molecule has 5 heteroatoms. The van der Waals surface area contributed by atoms with Crippen LogP contribution in [0.1, 0.15) is 11.1 Å². The summed E-state index contributed by atoms with van der Waals surface area (Å²) in [6.45, 7) is 2.19. The van der Waals surface area contributed by atoms with Gasteiger partial charge >= 0.3 is 0 Å². The monoisotopic (exact) mass is 377 g/mol. The van der Waals surface area contributed by atoms with Gasteiger partial charge in [-0.15, -0.1) is 0 Å². The van der Waals surface area contributed by atoms with Crippen molar-refractivity contribution in [2.45, 2.75) is 6.92 Å². The van der Waals surface area contributed by atoms with Crippen LogP contribution < -0.4 is 10.1 Å². The van der Waals surface area contributed by atoms with Crippen LogP contribution in [-0.4, -0.2) is 12.5 Å². The molecular weight excluding hydrogens is 366 g/mol. The Hall–Kier alpha value is -1.78. The SMILES string of the molecule is Cc1ccc(NC(=O)C2=Cc3cc(Br)ccc3OC2)c(Cl)c1. The van der Waals surface area contributed by atoms with Gasteiger partial charge in [0.1, 0.15) is 12.4 Å². The van der Waals surface area contributed by atoms with Crippen LogP contribution in [0.5, 0.6) is 5.75 Å². The third-order valence-corrected chi connectivity index (χ3v) is 4.16. The molecule has 2 aromatic carbocycles. The van der Waals surface area contributed by atoms with Crippen LogP contribution >= 0.6 is 27.5 Å². The Balaban J connectivity index is 1.84. The van der Waals surface area contributed by atoms with Gasteiger partial charge in [0.25, 0.3) is 5.91 Å². The minimum atomic E-state index is -0.212. The molecule has 1 aliphatic rings. The van der Waals surface area contributed by atoms with Gasteiger partial charge in [0.2, 0.25) is 0 Å². The number of halogens is 2. The minimum Gasteiger partial charge on any atom is -0.488 e. The fraction of sp³-hybridized carbons (Fsp3) is 0.118. The molecule has 0 aromatic heterocycles. The number of aryl methyl sites for hydroxylation is 1. The van der Waals surface area contributed by atoms with Crippen molar-refractivity contribution in [1.82, 2.24) is 0 Å². The molecule has 22 heavy (non-hydrogen) atoms. The topological polar surface area (TPSA) is 38.3 Å². The van der Waals surface area contributed by atoms with E-state index in [1.54, 1.807) is 6.07 Å². The van der Waals surface area contributed by atoms with Gasteiger partial charge in [0.15, 0.2) is 0 Å². The number of fused-ring (bicyclic) bond motifs is 1. The first-order valence-electron chi connectivity index (χ1n) is 6.73. The molecule has 0 fully saturated rings. The molecule has 0 saturated heterocycles. The Labute approximate surface area is 142 Å². The van der Waals surface area contributed by atoms with Crippen LogP contribution in [0.4, 0.5) is 5.69 Å². The number of carbonyl (C=O) groups excluding carboxylic acids is 1. The molecule has 0 unspecified atom stereocenters. The van der Waals surface area contributed by atoms with Gasteiger partial charge in [-0.2, -0.15) is 0 Å². The third kappa shape index (κ3) is 3.18. The summed E-state index contributed by atoms with van der Waals surface area (Å²) < 4.78 is 6.56. The molecule has 0 spiro atoms. The molecular formula is C17H13BrClNO2. The highest BCUT2D eigenvalue weighted by atomic mass is 79.9. The predicted molar refractivity (Wildman–Crippen MR) is 92.4 cm³/mol. The standard InChI is InChI=1S/C17H13BrClNO2/c1-10-2-4-15(14(19)6-10)20-17(21)12-7-11-8-13(18)3-5-16(11)22-9-12/h2-8H,9H2,1H3,(H,20,21). The highest BCUT2D eigenvalue weighted by molar-refractivity contribution is 9.10. The van der Waals surface area contributed by atoms with Crippen molar-refractivity contribution in [1.29, 1.82) is 0 Å². The smallest absolute Gasteiger partial charge is 0.255 e. The van der Waals surface area contributed by atoms with Gasteiger partial charge in [0, 0.05) is 10.0 Å². The fourth-order valence-corrected chi connectivity index (χ4v) is 2.86. The molecule has 0 saturated carbocycles. The van der Waals surface area contributed by atoms with Gasteiger partial charge in [-0.3, -0.25) is 4.79 Å². The number of carbonyl (C=O) groups is 1. The van der Waals surface area contributed by atoms with Crippen molar-refractivity contribution in [2.24, 2.45) is 0 Å². The second kappa shape index (κ2) is 6.15. The van der Waals surface area contributed by atoms with Crippen molar-refractivity contribution < 1.29 is 9.53 Å². The van der Waals surface area contributed by atoms with E-state index in [1.165, 1.54) is 0 Å². The Morgan fingerprint density at radius 3 is 2.86 bits per heavy atom. The molecule has 2 aromatic rings. The van der Waals surface area contributed by atoms with Gasteiger partial charge in [0.05, 0.1) is 16.3 Å². The van der Waals surface area contributed by atoms with Crippen LogP contribution in [0.25, 0.3) is 6.08 Å². The lowest BCUT2D eigenvalue weighted by Crippen LogP contribution is -2.21. The molecule has 0 bridgehead atoms. The molecule has 3 rings (SSSR count). The second-order valence-corrected chi connectivity index (χ2v) is 6.40. The van der Waals surface area contributed by atoms with Crippen LogP contribution in [0, 0.1) is 6.92 Å². The molecule has 3 nitrogen and oxygen atoms in total. The Morgan fingerprint density at radius 2 is 2.09 bits per heavy atom. The average Bonchev–Trinajstić information content (AvgIpc) is 2.49. The number of hydrogen-bond donors (Lipinski definition) is 1.